The molecule has 1 heterocycles. The van der Waals surface area contributed by atoms with Crippen LogP contribution in [0.3, 0.4) is 0 Å². The van der Waals surface area contributed by atoms with E-state index in [0.717, 1.165) is 33.2 Å². The maximum Gasteiger partial charge on any atom is 0.270 e. The summed E-state index contributed by atoms with van der Waals surface area (Å²) in [4.78, 5) is 28.9. The van der Waals surface area contributed by atoms with Gasteiger partial charge in [-0.1, -0.05) is 38.1 Å². The Morgan fingerprint density at radius 3 is 2.50 bits per heavy atom. The van der Waals surface area contributed by atoms with Gasteiger partial charge in [0.2, 0.25) is 5.91 Å². The number of nitrogens with zero attached hydrogens (tertiary/aromatic N) is 1. The summed E-state index contributed by atoms with van der Waals surface area (Å²) in [6.07, 6.45) is 0.271. The molecule has 2 aromatic carbocycles. The monoisotopic (exact) mass is 481 g/mol. The molecule has 2 amide bonds. The van der Waals surface area contributed by atoms with Gasteiger partial charge in [-0.25, -0.2) is 4.98 Å². The van der Waals surface area contributed by atoms with Crippen molar-refractivity contribution in [3.63, 3.8) is 0 Å². The third-order valence-electron chi connectivity index (χ3n) is 5.18. The van der Waals surface area contributed by atoms with E-state index in [1.807, 2.05) is 37.3 Å². The van der Waals surface area contributed by atoms with Gasteiger partial charge in [0.05, 0.1) is 13.5 Å². The topological polar surface area (TPSA) is 89.6 Å². The highest BCUT2D eigenvalue weighted by molar-refractivity contribution is 7.09. The Hall–Kier alpha value is -3.39. The number of hydrogen-bond acceptors (Lipinski definition) is 6. The SMILES string of the molecule is COc1ccc(CC(=O)NCCNC(=O)c2csc(COc3cc(C)ccc3C(C)C)n2)cc1. The Kier molecular flexibility index (Phi) is 9.04. The zero-order valence-corrected chi connectivity index (χ0v) is 20.8. The van der Waals surface area contributed by atoms with Crippen LogP contribution in [0.4, 0.5) is 0 Å². The minimum atomic E-state index is -0.273. The number of rotatable bonds is 11. The van der Waals surface area contributed by atoms with Gasteiger partial charge in [0.1, 0.15) is 28.8 Å². The third-order valence-corrected chi connectivity index (χ3v) is 6.01. The standard InChI is InChI=1S/C26H31N3O4S/c1-17(2)21-10-5-18(3)13-23(21)33-15-25-29-22(16-34-25)26(31)28-12-11-27-24(30)14-19-6-8-20(32-4)9-7-19/h5-10,13,16-17H,11-12,14-15H2,1-4H3,(H,27,30)(H,28,31). The van der Waals surface area contributed by atoms with Gasteiger partial charge in [0.15, 0.2) is 0 Å². The number of thiazole rings is 1. The van der Waals surface area contributed by atoms with Crippen LogP contribution in [-0.4, -0.2) is 37.0 Å². The molecule has 0 fully saturated rings. The maximum absolute atomic E-state index is 12.4. The fraction of sp³-hybridized carbons (Fsp3) is 0.346. The Morgan fingerprint density at radius 2 is 1.79 bits per heavy atom. The highest BCUT2D eigenvalue weighted by Gasteiger charge is 2.13. The molecule has 0 aliphatic carbocycles. The second kappa shape index (κ2) is 12.2. The molecule has 3 aromatic rings. The fourth-order valence-electron chi connectivity index (χ4n) is 3.32. The molecule has 0 radical (unpaired) electrons. The van der Waals surface area contributed by atoms with Crippen LogP contribution < -0.4 is 20.1 Å². The molecule has 8 heteroatoms. The summed E-state index contributed by atoms with van der Waals surface area (Å²) in [6.45, 7) is 7.26. The van der Waals surface area contributed by atoms with E-state index < -0.39 is 0 Å². The largest absolute Gasteiger partial charge is 0.497 e. The van der Waals surface area contributed by atoms with Gasteiger partial charge in [-0.05, 0) is 47.7 Å². The van der Waals surface area contributed by atoms with Gasteiger partial charge in [-0.3, -0.25) is 9.59 Å². The molecule has 0 atom stereocenters. The Bertz CT molecular complexity index is 1110. The van der Waals surface area contributed by atoms with Gasteiger partial charge in [0.25, 0.3) is 5.91 Å². The molecule has 0 saturated heterocycles. The second-order valence-electron chi connectivity index (χ2n) is 8.24. The molecule has 180 valence electrons. The molecule has 3 rings (SSSR count). The van der Waals surface area contributed by atoms with Crippen LogP contribution in [0.2, 0.25) is 0 Å². The lowest BCUT2D eigenvalue weighted by atomic mass is 10.0. The molecule has 0 unspecified atom stereocenters. The highest BCUT2D eigenvalue weighted by Crippen LogP contribution is 2.28. The highest BCUT2D eigenvalue weighted by atomic mass is 32.1. The smallest absolute Gasteiger partial charge is 0.270 e. The Labute approximate surface area is 204 Å². The van der Waals surface area contributed by atoms with Crippen molar-refractivity contribution in [2.75, 3.05) is 20.2 Å². The lowest BCUT2D eigenvalue weighted by Crippen LogP contribution is -2.35. The van der Waals surface area contributed by atoms with Crippen LogP contribution in [0.1, 0.15) is 52.0 Å². The average Bonchev–Trinajstić information content (AvgIpc) is 3.30. The summed E-state index contributed by atoms with van der Waals surface area (Å²) < 4.78 is 11.1. The van der Waals surface area contributed by atoms with E-state index in [4.69, 9.17) is 9.47 Å². The van der Waals surface area contributed by atoms with E-state index >= 15 is 0 Å². The van der Waals surface area contributed by atoms with Crippen molar-refractivity contribution in [2.24, 2.45) is 0 Å². The van der Waals surface area contributed by atoms with E-state index in [-0.39, 0.29) is 18.2 Å². The predicted molar refractivity (Wildman–Crippen MR) is 134 cm³/mol. The molecular formula is C26H31N3O4S. The van der Waals surface area contributed by atoms with Gasteiger partial charge in [-0.2, -0.15) is 0 Å². The quantitative estimate of drug-likeness (QED) is 0.400. The molecule has 7 nitrogen and oxygen atoms in total. The van der Waals surface area contributed by atoms with Gasteiger partial charge < -0.3 is 20.1 Å². The lowest BCUT2D eigenvalue weighted by Gasteiger charge is -2.14. The van der Waals surface area contributed by atoms with Crippen molar-refractivity contribution in [2.45, 2.75) is 39.7 Å². The molecular weight excluding hydrogens is 450 g/mol. The number of carbonyl (C=O) groups is 2. The Morgan fingerprint density at radius 1 is 1.06 bits per heavy atom. The minimum Gasteiger partial charge on any atom is -0.497 e. The summed E-state index contributed by atoms with van der Waals surface area (Å²) in [5.74, 6) is 1.57. The molecule has 0 aliphatic rings. The summed E-state index contributed by atoms with van der Waals surface area (Å²) in [5, 5.41) is 8.04. The first-order valence-corrected chi connectivity index (χ1v) is 12.1. The molecule has 0 aliphatic heterocycles. The van der Waals surface area contributed by atoms with Gasteiger partial charge >= 0.3 is 0 Å². The lowest BCUT2D eigenvalue weighted by molar-refractivity contribution is -0.120. The number of amides is 2. The second-order valence-corrected chi connectivity index (χ2v) is 9.18. The summed E-state index contributed by atoms with van der Waals surface area (Å²) in [5.41, 5.74) is 3.52. The van der Waals surface area contributed by atoms with Crippen LogP contribution in [0.5, 0.6) is 11.5 Å². The van der Waals surface area contributed by atoms with Crippen LogP contribution in [0.15, 0.2) is 47.8 Å². The van der Waals surface area contributed by atoms with E-state index in [1.165, 1.54) is 11.3 Å². The predicted octanol–water partition coefficient (Wildman–Crippen LogP) is 4.25. The fourth-order valence-corrected chi connectivity index (χ4v) is 4.01. The van der Waals surface area contributed by atoms with E-state index in [2.05, 4.69) is 41.6 Å². The first-order valence-electron chi connectivity index (χ1n) is 11.2. The maximum atomic E-state index is 12.4. The van der Waals surface area contributed by atoms with Crippen LogP contribution >= 0.6 is 11.3 Å². The number of aromatic nitrogens is 1. The molecule has 2 N–H and O–H groups in total. The normalized spacial score (nSPS) is 10.7. The zero-order chi connectivity index (χ0) is 24.5. The van der Waals surface area contributed by atoms with Crippen molar-refractivity contribution in [1.29, 1.82) is 0 Å². The van der Waals surface area contributed by atoms with Crippen molar-refractivity contribution in [3.8, 4) is 11.5 Å². The van der Waals surface area contributed by atoms with E-state index in [1.54, 1.807) is 12.5 Å². The van der Waals surface area contributed by atoms with Crippen LogP contribution in [0, 0.1) is 6.92 Å². The number of ether oxygens (including phenoxy) is 2. The number of carbonyl (C=O) groups excluding carboxylic acids is 2. The zero-order valence-electron chi connectivity index (χ0n) is 20.0. The molecule has 34 heavy (non-hydrogen) atoms. The average molecular weight is 482 g/mol. The first kappa shape index (κ1) is 25.2. The molecule has 0 spiro atoms. The minimum absolute atomic E-state index is 0.107. The molecule has 0 saturated carbocycles. The van der Waals surface area contributed by atoms with Crippen molar-refractivity contribution >= 4 is 23.2 Å². The van der Waals surface area contributed by atoms with E-state index in [0.29, 0.717) is 31.3 Å². The third kappa shape index (κ3) is 7.31. The molecule has 0 bridgehead atoms. The molecule has 1 aromatic heterocycles. The van der Waals surface area contributed by atoms with Gasteiger partial charge in [-0.15, -0.1) is 11.3 Å². The van der Waals surface area contributed by atoms with Gasteiger partial charge in [0, 0.05) is 18.5 Å². The number of aryl methyl sites for hydroxylation is 1. The number of benzene rings is 2. The van der Waals surface area contributed by atoms with Crippen molar-refractivity contribution in [3.05, 3.63) is 75.2 Å². The summed E-state index contributed by atoms with van der Waals surface area (Å²) in [6, 6.07) is 13.5. The summed E-state index contributed by atoms with van der Waals surface area (Å²) >= 11 is 1.39. The van der Waals surface area contributed by atoms with Crippen molar-refractivity contribution < 1.29 is 19.1 Å². The number of hydrogen-bond donors (Lipinski definition) is 2. The number of methoxy groups -OCH3 is 1. The van der Waals surface area contributed by atoms with Crippen LogP contribution in [0.25, 0.3) is 0 Å². The van der Waals surface area contributed by atoms with Crippen LogP contribution in [-0.2, 0) is 17.8 Å². The van der Waals surface area contributed by atoms with E-state index in [9.17, 15) is 9.59 Å². The van der Waals surface area contributed by atoms with Crippen molar-refractivity contribution in [1.82, 2.24) is 15.6 Å². The number of nitrogens with one attached hydrogen (secondary N) is 2. The first-order chi connectivity index (χ1) is 16.4. The summed E-state index contributed by atoms with van der Waals surface area (Å²) in [7, 11) is 1.60. The Balaban J connectivity index is 1.41.